The summed E-state index contributed by atoms with van der Waals surface area (Å²) in [5.74, 6) is 0.619. The van der Waals surface area contributed by atoms with E-state index in [0.29, 0.717) is 16.5 Å². The van der Waals surface area contributed by atoms with Crippen LogP contribution >= 0.6 is 11.6 Å². The lowest BCUT2D eigenvalue weighted by Gasteiger charge is -2.14. The van der Waals surface area contributed by atoms with Crippen molar-refractivity contribution in [2.24, 2.45) is 0 Å². The predicted octanol–water partition coefficient (Wildman–Crippen LogP) is 3.19. The van der Waals surface area contributed by atoms with Gasteiger partial charge in [0.1, 0.15) is 5.75 Å². The topological polar surface area (TPSA) is 50.4 Å². The molecule has 0 spiro atoms. The third-order valence-corrected chi connectivity index (χ3v) is 2.33. The number of urea groups is 1. The highest BCUT2D eigenvalue weighted by atomic mass is 35.5. The van der Waals surface area contributed by atoms with Crippen molar-refractivity contribution in [2.45, 2.75) is 26.8 Å². The first-order chi connectivity index (χ1) is 7.93. The number of hydrogen-bond donors (Lipinski definition) is 2. The number of hydrogen-bond acceptors (Lipinski definition) is 2. The molecule has 1 aromatic carbocycles. The van der Waals surface area contributed by atoms with Gasteiger partial charge in [0.25, 0.3) is 0 Å². The Hall–Kier alpha value is -1.42. The zero-order valence-electron chi connectivity index (χ0n) is 10.4. The number of carbonyl (C=O) groups is 1. The molecule has 4 nitrogen and oxygen atoms in total. The molecule has 0 radical (unpaired) electrons. The maximum absolute atomic E-state index is 11.6. The van der Waals surface area contributed by atoms with Crippen molar-refractivity contribution in [3.63, 3.8) is 0 Å². The summed E-state index contributed by atoms with van der Waals surface area (Å²) in [5.41, 5.74) is 1.44. The first-order valence-electron chi connectivity index (χ1n) is 5.35. The lowest BCUT2D eigenvalue weighted by molar-refractivity contribution is 0.250. The van der Waals surface area contributed by atoms with Gasteiger partial charge in [0.05, 0.1) is 12.8 Å². The maximum atomic E-state index is 11.6. The van der Waals surface area contributed by atoms with Crippen LogP contribution in [0.3, 0.4) is 0 Å². The number of benzene rings is 1. The van der Waals surface area contributed by atoms with E-state index in [9.17, 15) is 4.79 Å². The largest absolute Gasteiger partial charge is 0.494 e. The monoisotopic (exact) mass is 256 g/mol. The Balaban J connectivity index is 2.93. The fraction of sp³-hybridized carbons (Fsp3) is 0.417. The van der Waals surface area contributed by atoms with Gasteiger partial charge in [0, 0.05) is 11.1 Å². The van der Waals surface area contributed by atoms with Gasteiger partial charge in [-0.3, -0.25) is 0 Å². The summed E-state index contributed by atoms with van der Waals surface area (Å²) in [6, 6.07) is 3.24. The second-order valence-electron chi connectivity index (χ2n) is 4.06. The van der Waals surface area contributed by atoms with Gasteiger partial charge >= 0.3 is 6.03 Å². The van der Waals surface area contributed by atoms with Crippen molar-refractivity contribution >= 4 is 23.3 Å². The number of methoxy groups -OCH3 is 1. The van der Waals surface area contributed by atoms with E-state index in [2.05, 4.69) is 10.6 Å². The Morgan fingerprint density at radius 1 is 1.41 bits per heavy atom. The van der Waals surface area contributed by atoms with E-state index < -0.39 is 0 Å². The average Bonchev–Trinajstić information content (AvgIpc) is 2.15. The Bertz CT molecular complexity index is 419. The minimum absolute atomic E-state index is 0.0706. The van der Waals surface area contributed by atoms with Crippen LogP contribution in [0.4, 0.5) is 10.5 Å². The molecule has 17 heavy (non-hydrogen) atoms. The highest BCUT2D eigenvalue weighted by molar-refractivity contribution is 6.31. The number of nitrogens with one attached hydrogen (secondary N) is 2. The van der Waals surface area contributed by atoms with Gasteiger partial charge in [-0.2, -0.15) is 0 Å². The van der Waals surface area contributed by atoms with Crippen molar-refractivity contribution < 1.29 is 9.53 Å². The second-order valence-corrected chi connectivity index (χ2v) is 4.49. The zero-order valence-corrected chi connectivity index (χ0v) is 11.2. The van der Waals surface area contributed by atoms with E-state index in [0.717, 1.165) is 5.56 Å². The SMILES string of the molecule is COc1c(C)cc(Cl)cc1NC(=O)NC(C)C. The van der Waals surface area contributed by atoms with Crippen molar-refractivity contribution in [3.05, 3.63) is 22.7 Å². The molecule has 0 unspecified atom stereocenters. The molecule has 0 aliphatic carbocycles. The number of rotatable bonds is 3. The van der Waals surface area contributed by atoms with Crippen LogP contribution < -0.4 is 15.4 Å². The fourth-order valence-corrected chi connectivity index (χ4v) is 1.79. The second kappa shape index (κ2) is 5.77. The minimum atomic E-state index is -0.278. The molecule has 0 heterocycles. The molecule has 2 N–H and O–H groups in total. The zero-order chi connectivity index (χ0) is 13.0. The Morgan fingerprint density at radius 3 is 2.59 bits per heavy atom. The number of ether oxygens (including phenoxy) is 1. The molecular weight excluding hydrogens is 240 g/mol. The van der Waals surface area contributed by atoms with Crippen LogP contribution in [0.25, 0.3) is 0 Å². The van der Waals surface area contributed by atoms with E-state index in [1.54, 1.807) is 19.2 Å². The molecule has 0 aromatic heterocycles. The molecule has 0 bridgehead atoms. The highest BCUT2D eigenvalue weighted by Gasteiger charge is 2.11. The summed E-state index contributed by atoms with van der Waals surface area (Å²) in [6.07, 6.45) is 0. The van der Waals surface area contributed by atoms with Crippen LogP contribution in [-0.4, -0.2) is 19.2 Å². The lowest BCUT2D eigenvalue weighted by Crippen LogP contribution is -2.34. The van der Waals surface area contributed by atoms with E-state index in [4.69, 9.17) is 16.3 Å². The molecule has 0 aliphatic rings. The summed E-state index contributed by atoms with van der Waals surface area (Å²) in [7, 11) is 1.56. The van der Waals surface area contributed by atoms with Crippen LogP contribution in [-0.2, 0) is 0 Å². The fourth-order valence-electron chi connectivity index (χ4n) is 1.51. The van der Waals surface area contributed by atoms with Crippen LogP contribution in [0.2, 0.25) is 5.02 Å². The lowest BCUT2D eigenvalue weighted by atomic mass is 10.2. The minimum Gasteiger partial charge on any atom is -0.494 e. The molecule has 0 atom stereocenters. The number of halogens is 1. The smallest absolute Gasteiger partial charge is 0.319 e. The van der Waals surface area contributed by atoms with Gasteiger partial charge < -0.3 is 15.4 Å². The molecule has 0 saturated carbocycles. The molecule has 0 aliphatic heterocycles. The Labute approximate surface area is 106 Å². The molecule has 5 heteroatoms. The van der Waals surface area contributed by atoms with Crippen LogP contribution in [0.1, 0.15) is 19.4 Å². The first-order valence-corrected chi connectivity index (χ1v) is 5.73. The summed E-state index contributed by atoms with van der Waals surface area (Å²) in [5, 5.41) is 6.01. The van der Waals surface area contributed by atoms with Gasteiger partial charge in [-0.1, -0.05) is 11.6 Å². The van der Waals surface area contributed by atoms with Gasteiger partial charge in [-0.15, -0.1) is 0 Å². The molecular formula is C12H17ClN2O2. The van der Waals surface area contributed by atoms with E-state index >= 15 is 0 Å². The van der Waals surface area contributed by atoms with Crippen molar-refractivity contribution in [3.8, 4) is 5.75 Å². The standard InChI is InChI=1S/C12H17ClN2O2/c1-7(2)14-12(16)15-10-6-9(13)5-8(3)11(10)17-4/h5-7H,1-4H3,(H2,14,15,16). The molecule has 94 valence electrons. The molecule has 0 fully saturated rings. The summed E-state index contributed by atoms with van der Waals surface area (Å²) < 4.78 is 5.24. The average molecular weight is 257 g/mol. The van der Waals surface area contributed by atoms with Crippen LogP contribution in [0, 0.1) is 6.92 Å². The highest BCUT2D eigenvalue weighted by Crippen LogP contribution is 2.31. The predicted molar refractivity (Wildman–Crippen MR) is 70.0 cm³/mol. The number of aryl methyl sites for hydroxylation is 1. The Kier molecular flexibility index (Phi) is 4.63. The van der Waals surface area contributed by atoms with Crippen molar-refractivity contribution in [1.82, 2.24) is 5.32 Å². The van der Waals surface area contributed by atoms with Crippen molar-refractivity contribution in [2.75, 3.05) is 12.4 Å². The number of anilines is 1. The van der Waals surface area contributed by atoms with Crippen LogP contribution in [0.15, 0.2) is 12.1 Å². The normalized spacial score (nSPS) is 10.2. The summed E-state index contributed by atoms with van der Waals surface area (Å²) in [4.78, 5) is 11.6. The molecule has 2 amide bonds. The molecule has 1 aromatic rings. The summed E-state index contributed by atoms with van der Waals surface area (Å²) >= 11 is 5.94. The third kappa shape index (κ3) is 3.82. The van der Waals surface area contributed by atoms with Gasteiger partial charge in [-0.05, 0) is 38.5 Å². The Morgan fingerprint density at radius 2 is 2.06 bits per heavy atom. The molecule has 0 saturated heterocycles. The van der Waals surface area contributed by atoms with Gasteiger partial charge in [-0.25, -0.2) is 4.79 Å². The quantitative estimate of drug-likeness (QED) is 0.873. The van der Waals surface area contributed by atoms with Crippen LogP contribution in [0.5, 0.6) is 5.75 Å². The van der Waals surface area contributed by atoms with Crippen molar-refractivity contribution in [1.29, 1.82) is 0 Å². The van der Waals surface area contributed by atoms with Gasteiger partial charge in [0.2, 0.25) is 0 Å². The third-order valence-electron chi connectivity index (χ3n) is 2.11. The van der Waals surface area contributed by atoms with E-state index in [-0.39, 0.29) is 12.1 Å². The van der Waals surface area contributed by atoms with Gasteiger partial charge in [0.15, 0.2) is 0 Å². The molecule has 1 rings (SSSR count). The number of carbonyl (C=O) groups excluding carboxylic acids is 1. The van der Waals surface area contributed by atoms with E-state index in [1.165, 1.54) is 0 Å². The first kappa shape index (κ1) is 13.6. The van der Waals surface area contributed by atoms with E-state index in [1.807, 2.05) is 20.8 Å². The summed E-state index contributed by atoms with van der Waals surface area (Å²) in [6.45, 7) is 5.65. The number of amides is 2. The maximum Gasteiger partial charge on any atom is 0.319 e.